The van der Waals surface area contributed by atoms with Crippen LogP contribution in [0.4, 0.5) is 0 Å². The van der Waals surface area contributed by atoms with E-state index in [0.717, 1.165) is 28.2 Å². The molecule has 0 saturated carbocycles. The molecule has 2 aromatic carbocycles. The number of rotatable bonds is 6. The van der Waals surface area contributed by atoms with Crippen molar-refractivity contribution in [1.29, 1.82) is 0 Å². The fourth-order valence-corrected chi connectivity index (χ4v) is 3.08. The fourth-order valence-electron chi connectivity index (χ4n) is 3.08. The molecule has 0 radical (unpaired) electrons. The number of aromatic nitrogens is 2. The molecule has 3 aromatic rings. The van der Waals surface area contributed by atoms with Gasteiger partial charge in [-0.25, -0.2) is 4.98 Å². The lowest BCUT2D eigenvalue weighted by atomic mass is 10.1. The van der Waals surface area contributed by atoms with Gasteiger partial charge in [0, 0.05) is 6.42 Å². The molecule has 25 heavy (non-hydrogen) atoms. The van der Waals surface area contributed by atoms with E-state index in [4.69, 9.17) is 9.72 Å². The quantitative estimate of drug-likeness (QED) is 0.742. The van der Waals surface area contributed by atoms with Gasteiger partial charge in [-0.1, -0.05) is 12.1 Å². The third-order valence-electron chi connectivity index (χ3n) is 4.69. The number of aliphatic hydroxyl groups excluding tert-OH is 1. The third kappa shape index (κ3) is 3.69. The highest BCUT2D eigenvalue weighted by Crippen LogP contribution is 2.22. The first-order chi connectivity index (χ1) is 12.0. The maximum Gasteiger partial charge on any atom is 0.122 e. The van der Waals surface area contributed by atoms with Crippen LogP contribution in [0.25, 0.3) is 11.0 Å². The van der Waals surface area contributed by atoms with E-state index >= 15 is 0 Å². The number of nitrogens with zero attached hydrogens (tertiary/aromatic N) is 2. The lowest BCUT2D eigenvalue weighted by molar-refractivity contribution is 0.283. The second-order valence-corrected chi connectivity index (χ2v) is 6.70. The van der Waals surface area contributed by atoms with E-state index in [2.05, 4.69) is 62.6 Å². The largest absolute Gasteiger partial charge is 0.491 e. The van der Waals surface area contributed by atoms with Crippen molar-refractivity contribution in [3.05, 3.63) is 58.4 Å². The molecule has 0 unspecified atom stereocenters. The molecule has 0 fully saturated rings. The summed E-state index contributed by atoms with van der Waals surface area (Å²) in [4.78, 5) is 4.71. The molecule has 0 bridgehead atoms. The van der Waals surface area contributed by atoms with Gasteiger partial charge in [-0.15, -0.1) is 0 Å². The molecule has 0 aliphatic carbocycles. The van der Waals surface area contributed by atoms with E-state index in [1.54, 1.807) is 0 Å². The van der Waals surface area contributed by atoms with E-state index in [-0.39, 0.29) is 6.61 Å². The zero-order valence-electron chi connectivity index (χ0n) is 15.5. The summed E-state index contributed by atoms with van der Waals surface area (Å²) < 4.78 is 8.19. The van der Waals surface area contributed by atoms with Crippen LogP contribution in [0.15, 0.2) is 30.3 Å². The Hall–Kier alpha value is -2.33. The zero-order valence-corrected chi connectivity index (χ0v) is 15.5. The summed E-state index contributed by atoms with van der Waals surface area (Å²) in [6, 6.07) is 10.5. The molecule has 0 aliphatic heterocycles. The van der Waals surface area contributed by atoms with Crippen LogP contribution in [0.5, 0.6) is 5.75 Å². The number of aryl methyl sites for hydroxylation is 4. The van der Waals surface area contributed by atoms with Crippen molar-refractivity contribution in [2.24, 2.45) is 0 Å². The Morgan fingerprint density at radius 2 is 1.76 bits per heavy atom. The van der Waals surface area contributed by atoms with Gasteiger partial charge in [-0.3, -0.25) is 0 Å². The van der Waals surface area contributed by atoms with Crippen molar-refractivity contribution in [2.45, 2.75) is 40.7 Å². The Kier molecular flexibility index (Phi) is 5.09. The number of hydrogen-bond acceptors (Lipinski definition) is 3. The van der Waals surface area contributed by atoms with Crippen molar-refractivity contribution < 1.29 is 9.84 Å². The minimum Gasteiger partial charge on any atom is -0.491 e. The maximum absolute atomic E-state index is 9.36. The SMILES string of the molecule is Cc1ccc(C)c(OCCn2c(CCO)nc3cc(C)c(C)cc32)c1. The van der Waals surface area contributed by atoms with Gasteiger partial charge in [0.25, 0.3) is 0 Å². The van der Waals surface area contributed by atoms with Crippen LogP contribution < -0.4 is 4.74 Å². The molecular formula is C21H26N2O2. The lowest BCUT2D eigenvalue weighted by Crippen LogP contribution is -2.12. The average molecular weight is 338 g/mol. The molecule has 4 heteroatoms. The highest BCUT2D eigenvalue weighted by molar-refractivity contribution is 5.78. The van der Waals surface area contributed by atoms with E-state index in [1.165, 1.54) is 16.7 Å². The number of benzene rings is 2. The fraction of sp³-hybridized carbons (Fsp3) is 0.381. The predicted octanol–water partition coefficient (Wildman–Crippen LogP) is 3.88. The van der Waals surface area contributed by atoms with Gasteiger partial charge in [0.1, 0.15) is 18.2 Å². The van der Waals surface area contributed by atoms with E-state index < -0.39 is 0 Å². The van der Waals surface area contributed by atoms with Gasteiger partial charge in [0.15, 0.2) is 0 Å². The summed E-state index contributed by atoms with van der Waals surface area (Å²) in [5, 5.41) is 9.36. The highest BCUT2D eigenvalue weighted by Gasteiger charge is 2.12. The Bertz CT molecular complexity index is 897. The van der Waals surface area contributed by atoms with E-state index in [0.29, 0.717) is 19.6 Å². The van der Waals surface area contributed by atoms with Gasteiger partial charge < -0.3 is 14.4 Å². The normalized spacial score (nSPS) is 11.2. The molecule has 4 nitrogen and oxygen atoms in total. The van der Waals surface area contributed by atoms with E-state index in [9.17, 15) is 5.11 Å². The molecule has 1 aromatic heterocycles. The van der Waals surface area contributed by atoms with Gasteiger partial charge in [0.2, 0.25) is 0 Å². The van der Waals surface area contributed by atoms with Crippen molar-refractivity contribution in [3.63, 3.8) is 0 Å². The minimum absolute atomic E-state index is 0.0964. The van der Waals surface area contributed by atoms with Gasteiger partial charge >= 0.3 is 0 Å². The summed E-state index contributed by atoms with van der Waals surface area (Å²) in [5.41, 5.74) is 6.91. The van der Waals surface area contributed by atoms with Gasteiger partial charge in [-0.05, 0) is 68.1 Å². The summed E-state index contributed by atoms with van der Waals surface area (Å²) in [7, 11) is 0. The molecule has 0 atom stereocenters. The zero-order chi connectivity index (χ0) is 18.0. The summed E-state index contributed by atoms with van der Waals surface area (Å²) in [5.74, 6) is 1.84. The van der Waals surface area contributed by atoms with Crippen molar-refractivity contribution >= 4 is 11.0 Å². The Morgan fingerprint density at radius 1 is 1.00 bits per heavy atom. The second-order valence-electron chi connectivity index (χ2n) is 6.70. The second kappa shape index (κ2) is 7.28. The predicted molar refractivity (Wildman–Crippen MR) is 101 cm³/mol. The summed E-state index contributed by atoms with van der Waals surface area (Å²) >= 11 is 0. The molecule has 0 spiro atoms. The monoisotopic (exact) mass is 338 g/mol. The Morgan fingerprint density at radius 3 is 2.52 bits per heavy atom. The van der Waals surface area contributed by atoms with Crippen LogP contribution in [0.3, 0.4) is 0 Å². The molecule has 1 N–H and O–H groups in total. The number of hydrogen-bond donors (Lipinski definition) is 1. The number of ether oxygens (including phenoxy) is 1. The summed E-state index contributed by atoms with van der Waals surface area (Å²) in [6.45, 7) is 9.72. The molecular weight excluding hydrogens is 312 g/mol. The third-order valence-corrected chi connectivity index (χ3v) is 4.69. The van der Waals surface area contributed by atoms with Crippen LogP contribution in [-0.4, -0.2) is 27.9 Å². The van der Waals surface area contributed by atoms with Crippen LogP contribution in [0.2, 0.25) is 0 Å². The van der Waals surface area contributed by atoms with Crippen molar-refractivity contribution in [3.8, 4) is 5.75 Å². The molecule has 3 rings (SSSR count). The lowest BCUT2D eigenvalue weighted by Gasteiger charge is -2.13. The first kappa shape index (κ1) is 17.5. The number of fused-ring (bicyclic) bond motifs is 1. The van der Waals surface area contributed by atoms with E-state index in [1.807, 2.05) is 0 Å². The average Bonchev–Trinajstić information content (AvgIpc) is 2.88. The van der Waals surface area contributed by atoms with Crippen molar-refractivity contribution in [1.82, 2.24) is 9.55 Å². The van der Waals surface area contributed by atoms with Crippen LogP contribution in [0.1, 0.15) is 28.1 Å². The van der Waals surface area contributed by atoms with Gasteiger partial charge in [-0.2, -0.15) is 0 Å². The Balaban J connectivity index is 1.85. The molecule has 0 saturated heterocycles. The van der Waals surface area contributed by atoms with Crippen LogP contribution >= 0.6 is 0 Å². The number of aliphatic hydroxyl groups is 1. The molecule has 0 aliphatic rings. The molecule has 132 valence electrons. The van der Waals surface area contributed by atoms with Gasteiger partial charge in [0.05, 0.1) is 24.2 Å². The first-order valence-corrected chi connectivity index (χ1v) is 8.77. The smallest absolute Gasteiger partial charge is 0.122 e. The maximum atomic E-state index is 9.36. The topological polar surface area (TPSA) is 47.3 Å². The van der Waals surface area contributed by atoms with Crippen LogP contribution in [-0.2, 0) is 13.0 Å². The first-order valence-electron chi connectivity index (χ1n) is 8.77. The summed E-state index contributed by atoms with van der Waals surface area (Å²) in [6.07, 6.45) is 0.552. The minimum atomic E-state index is 0.0964. The standard InChI is InChI=1S/C21H26N2O2/c1-14-5-6-15(2)20(11-14)25-10-8-23-19-13-17(4)16(3)12-18(19)22-21(23)7-9-24/h5-6,11-13,24H,7-10H2,1-4H3. The molecule has 1 heterocycles. The van der Waals surface area contributed by atoms with Crippen molar-refractivity contribution in [2.75, 3.05) is 13.2 Å². The Labute approximate surface area is 149 Å². The highest BCUT2D eigenvalue weighted by atomic mass is 16.5. The number of imidazole rings is 1. The molecule has 0 amide bonds. The van der Waals surface area contributed by atoms with Crippen LogP contribution in [0, 0.1) is 27.7 Å².